The number of fused-ring (bicyclic) bond motifs is 6. The number of nitrogens with zero attached hydrogens (tertiary/aromatic N) is 1. The third-order valence-corrected chi connectivity index (χ3v) is 13.5. The molecule has 2 heterocycles. The van der Waals surface area contributed by atoms with Gasteiger partial charge in [0.15, 0.2) is 0 Å². The lowest BCUT2D eigenvalue weighted by Crippen LogP contribution is -2.11. The van der Waals surface area contributed by atoms with Crippen molar-refractivity contribution in [3.63, 3.8) is 0 Å². The van der Waals surface area contributed by atoms with Gasteiger partial charge in [-0.2, -0.15) is 0 Å². The summed E-state index contributed by atoms with van der Waals surface area (Å²) in [5.74, 6) is 0. The second-order valence-electron chi connectivity index (χ2n) is 16.0. The average molecular weight is 822 g/mol. The van der Waals surface area contributed by atoms with Crippen LogP contribution in [-0.2, 0) is 0 Å². The Morgan fingerprint density at radius 1 is 0.286 bits per heavy atom. The predicted octanol–water partition coefficient (Wildman–Crippen LogP) is 17.8. The van der Waals surface area contributed by atoms with Crippen LogP contribution in [-0.4, -0.2) is 0 Å². The number of rotatable bonds is 8. The van der Waals surface area contributed by atoms with E-state index in [1.807, 2.05) is 23.5 Å². The summed E-state index contributed by atoms with van der Waals surface area (Å²) < 4.78 is 8.91. The number of hydrogen-bond acceptors (Lipinski definition) is 3. The quantitative estimate of drug-likeness (QED) is 0.152. The molecule has 0 atom stereocenters. The minimum Gasteiger partial charge on any atom is -0.456 e. The van der Waals surface area contributed by atoms with Crippen molar-refractivity contribution >= 4 is 70.5 Å². The van der Waals surface area contributed by atoms with Gasteiger partial charge in [-0.05, 0) is 105 Å². The molecule has 0 aliphatic rings. The topological polar surface area (TPSA) is 16.4 Å². The van der Waals surface area contributed by atoms with E-state index in [1.54, 1.807) is 0 Å². The molecular formula is C60H39NOS. The fourth-order valence-electron chi connectivity index (χ4n) is 9.47. The fourth-order valence-corrected chi connectivity index (χ4v) is 10.6. The van der Waals surface area contributed by atoms with Crippen LogP contribution in [0.5, 0.6) is 0 Å². The van der Waals surface area contributed by atoms with Crippen molar-refractivity contribution in [3.05, 3.63) is 237 Å². The third-order valence-electron chi connectivity index (χ3n) is 12.3. The van der Waals surface area contributed by atoms with E-state index < -0.39 is 0 Å². The van der Waals surface area contributed by atoms with Gasteiger partial charge < -0.3 is 9.32 Å². The molecule has 0 aliphatic carbocycles. The molecule has 0 aliphatic heterocycles. The Kier molecular flexibility index (Phi) is 9.06. The fraction of sp³-hybridized carbons (Fsp3) is 0. The van der Waals surface area contributed by atoms with E-state index in [-0.39, 0.29) is 0 Å². The molecule has 12 rings (SSSR count). The first kappa shape index (κ1) is 36.8. The van der Waals surface area contributed by atoms with Crippen LogP contribution in [0.2, 0.25) is 0 Å². The molecule has 0 spiro atoms. The van der Waals surface area contributed by atoms with E-state index in [2.05, 4.69) is 229 Å². The lowest BCUT2D eigenvalue weighted by atomic mass is 9.88. The SMILES string of the molecule is c1ccc(-c2ccccc2-c2ccccc2-c2ccccc2N(c2ccc(-c3cccc4oc5ccccc5c34)cc2)c2ccc(-c3cccc4sc5ccccc5c34)cc2)cc1. The molecule has 0 saturated carbocycles. The van der Waals surface area contributed by atoms with Crippen molar-refractivity contribution in [1.29, 1.82) is 0 Å². The molecule has 2 nitrogen and oxygen atoms in total. The smallest absolute Gasteiger partial charge is 0.136 e. The van der Waals surface area contributed by atoms with Gasteiger partial charge in [0.2, 0.25) is 0 Å². The van der Waals surface area contributed by atoms with Crippen LogP contribution in [0.25, 0.3) is 97.7 Å². The van der Waals surface area contributed by atoms with Gasteiger partial charge in [0.1, 0.15) is 11.2 Å². The maximum absolute atomic E-state index is 6.30. The van der Waals surface area contributed by atoms with E-state index in [9.17, 15) is 0 Å². The van der Waals surface area contributed by atoms with Gasteiger partial charge >= 0.3 is 0 Å². The van der Waals surface area contributed by atoms with Crippen molar-refractivity contribution in [2.45, 2.75) is 0 Å². The van der Waals surface area contributed by atoms with Crippen LogP contribution in [0.4, 0.5) is 17.1 Å². The molecule has 10 aromatic carbocycles. The van der Waals surface area contributed by atoms with Gasteiger partial charge in [-0.25, -0.2) is 0 Å². The van der Waals surface area contributed by atoms with Gasteiger partial charge in [-0.1, -0.05) is 182 Å². The molecule has 296 valence electrons. The van der Waals surface area contributed by atoms with E-state index in [0.29, 0.717) is 0 Å². The molecular weight excluding hydrogens is 783 g/mol. The third kappa shape index (κ3) is 6.41. The van der Waals surface area contributed by atoms with Crippen molar-refractivity contribution in [2.24, 2.45) is 0 Å². The Hall–Kier alpha value is -7.98. The largest absolute Gasteiger partial charge is 0.456 e. The van der Waals surface area contributed by atoms with Crippen molar-refractivity contribution in [3.8, 4) is 55.6 Å². The summed E-state index contributed by atoms with van der Waals surface area (Å²) in [5.41, 5.74) is 16.9. The van der Waals surface area contributed by atoms with Gasteiger partial charge in [0, 0.05) is 47.9 Å². The number of para-hydroxylation sites is 2. The molecule has 2 aromatic heterocycles. The van der Waals surface area contributed by atoms with Gasteiger partial charge in [0.25, 0.3) is 0 Å². The zero-order valence-electron chi connectivity index (χ0n) is 34.3. The summed E-state index contributed by atoms with van der Waals surface area (Å²) in [6.07, 6.45) is 0. The summed E-state index contributed by atoms with van der Waals surface area (Å²) in [7, 11) is 0. The summed E-state index contributed by atoms with van der Waals surface area (Å²) in [6.45, 7) is 0. The molecule has 0 amide bonds. The lowest BCUT2D eigenvalue weighted by Gasteiger charge is -2.29. The highest BCUT2D eigenvalue weighted by atomic mass is 32.1. The normalized spacial score (nSPS) is 11.5. The number of thiophene rings is 1. The maximum Gasteiger partial charge on any atom is 0.136 e. The maximum atomic E-state index is 6.30. The van der Waals surface area contributed by atoms with E-state index >= 15 is 0 Å². The first-order valence-corrected chi connectivity index (χ1v) is 22.2. The molecule has 0 saturated heterocycles. The molecule has 0 N–H and O–H groups in total. The standard InChI is InChI=1S/C60H39NOS/c1-2-16-40(17-3-1)45-18-4-5-19-48(45)49-20-6-7-21-50(49)51-22-8-11-27-54(51)61(43-36-32-41(33-37-43)46-25-14-29-56-59(46)52-23-9-12-28-55(52)62-56)44-38-34-42(35-39-44)47-26-15-31-58-60(47)53-24-10-13-30-57(53)63-58/h1-39H. The monoisotopic (exact) mass is 821 g/mol. The van der Waals surface area contributed by atoms with Crippen LogP contribution in [0.1, 0.15) is 0 Å². The number of benzene rings is 10. The Bertz CT molecular complexity index is 3460. The van der Waals surface area contributed by atoms with Gasteiger partial charge in [0.05, 0.1) is 5.69 Å². The number of anilines is 3. The number of hydrogen-bond donors (Lipinski definition) is 0. The molecule has 0 fully saturated rings. The molecule has 0 bridgehead atoms. The Morgan fingerprint density at radius 3 is 1.46 bits per heavy atom. The first-order valence-electron chi connectivity index (χ1n) is 21.4. The molecule has 63 heavy (non-hydrogen) atoms. The second kappa shape index (κ2) is 15.5. The van der Waals surface area contributed by atoms with Crippen LogP contribution in [0, 0.1) is 0 Å². The molecule has 3 heteroatoms. The van der Waals surface area contributed by atoms with Crippen molar-refractivity contribution in [2.75, 3.05) is 4.90 Å². The first-order chi connectivity index (χ1) is 31.3. The summed E-state index contributed by atoms with van der Waals surface area (Å²) in [6, 6.07) is 85.4. The lowest BCUT2D eigenvalue weighted by molar-refractivity contribution is 0.669. The Balaban J connectivity index is 1.02. The van der Waals surface area contributed by atoms with Gasteiger partial charge in [-0.15, -0.1) is 11.3 Å². The zero-order valence-corrected chi connectivity index (χ0v) is 35.1. The Morgan fingerprint density at radius 2 is 0.746 bits per heavy atom. The van der Waals surface area contributed by atoms with E-state index in [4.69, 9.17) is 4.42 Å². The van der Waals surface area contributed by atoms with Crippen LogP contribution < -0.4 is 4.90 Å². The van der Waals surface area contributed by atoms with Crippen molar-refractivity contribution in [1.82, 2.24) is 0 Å². The molecule has 0 radical (unpaired) electrons. The molecule has 0 unspecified atom stereocenters. The summed E-state index contributed by atoms with van der Waals surface area (Å²) in [4.78, 5) is 2.41. The minimum atomic E-state index is 0.895. The average Bonchev–Trinajstić information content (AvgIpc) is 3.94. The second-order valence-corrected chi connectivity index (χ2v) is 17.0. The molecule has 12 aromatic rings. The van der Waals surface area contributed by atoms with Crippen LogP contribution in [0.3, 0.4) is 0 Å². The predicted molar refractivity (Wildman–Crippen MR) is 268 cm³/mol. The van der Waals surface area contributed by atoms with E-state index in [0.717, 1.165) is 55.7 Å². The number of furan rings is 1. The zero-order chi connectivity index (χ0) is 41.7. The highest BCUT2D eigenvalue weighted by Crippen LogP contribution is 2.47. The van der Waals surface area contributed by atoms with Crippen molar-refractivity contribution < 1.29 is 4.42 Å². The highest BCUT2D eigenvalue weighted by Gasteiger charge is 2.21. The van der Waals surface area contributed by atoms with Crippen LogP contribution >= 0.6 is 11.3 Å². The van der Waals surface area contributed by atoms with Gasteiger partial charge in [-0.3, -0.25) is 0 Å². The summed E-state index contributed by atoms with van der Waals surface area (Å²) >= 11 is 1.86. The Labute approximate surface area is 370 Å². The van der Waals surface area contributed by atoms with E-state index in [1.165, 1.54) is 59.1 Å². The summed E-state index contributed by atoms with van der Waals surface area (Å²) in [5, 5.41) is 4.89. The van der Waals surface area contributed by atoms with Crippen LogP contribution in [0.15, 0.2) is 241 Å². The minimum absolute atomic E-state index is 0.895. The highest BCUT2D eigenvalue weighted by molar-refractivity contribution is 7.25.